The molecule has 21 heavy (non-hydrogen) atoms. The summed E-state index contributed by atoms with van der Waals surface area (Å²) < 4.78 is 0. The van der Waals surface area contributed by atoms with Gasteiger partial charge >= 0.3 is 0 Å². The largest absolute Gasteiger partial charge is 0.354 e. The number of rotatable bonds is 7. The first-order chi connectivity index (χ1) is 10.1. The molecule has 0 aliphatic rings. The van der Waals surface area contributed by atoms with Crippen molar-refractivity contribution in [3.05, 3.63) is 27.4 Å². The first-order valence-corrected chi connectivity index (χ1v) is 8.84. The van der Waals surface area contributed by atoms with E-state index in [-0.39, 0.29) is 11.9 Å². The van der Waals surface area contributed by atoms with Gasteiger partial charge in [0.25, 0.3) is 0 Å². The SMILES string of the molecule is CCCC(N)C(=O)NCCc1ccc(-c2csc(C)n2)s1. The van der Waals surface area contributed by atoms with E-state index in [1.165, 1.54) is 9.75 Å². The number of aromatic nitrogens is 1. The minimum Gasteiger partial charge on any atom is -0.354 e. The van der Waals surface area contributed by atoms with Crippen molar-refractivity contribution >= 4 is 28.6 Å². The molecular weight excluding hydrogens is 302 g/mol. The van der Waals surface area contributed by atoms with E-state index in [4.69, 9.17) is 5.73 Å². The van der Waals surface area contributed by atoms with Crippen molar-refractivity contribution in [2.75, 3.05) is 6.54 Å². The number of nitrogens with one attached hydrogen (secondary N) is 1. The van der Waals surface area contributed by atoms with Gasteiger partial charge in [0.05, 0.1) is 21.6 Å². The summed E-state index contributed by atoms with van der Waals surface area (Å²) in [5.41, 5.74) is 6.82. The van der Waals surface area contributed by atoms with Gasteiger partial charge < -0.3 is 11.1 Å². The molecule has 1 amide bonds. The Bertz CT molecular complexity index is 591. The van der Waals surface area contributed by atoms with Gasteiger partial charge in [0.2, 0.25) is 5.91 Å². The fourth-order valence-electron chi connectivity index (χ4n) is 2.01. The number of carbonyl (C=O) groups excluding carboxylic acids is 1. The topological polar surface area (TPSA) is 68.0 Å². The Morgan fingerprint density at radius 2 is 2.29 bits per heavy atom. The molecule has 0 bridgehead atoms. The third-order valence-electron chi connectivity index (χ3n) is 3.14. The predicted octanol–water partition coefficient (Wildman–Crippen LogP) is 2.97. The zero-order chi connectivity index (χ0) is 15.2. The number of nitrogens with two attached hydrogens (primary N) is 1. The summed E-state index contributed by atoms with van der Waals surface area (Å²) >= 11 is 3.39. The van der Waals surface area contributed by atoms with Crippen LogP contribution in [0.15, 0.2) is 17.5 Å². The maximum absolute atomic E-state index is 11.7. The van der Waals surface area contributed by atoms with Crippen LogP contribution in [0, 0.1) is 6.92 Å². The molecule has 1 atom stereocenters. The fourth-order valence-corrected chi connectivity index (χ4v) is 3.66. The number of hydrogen-bond donors (Lipinski definition) is 2. The van der Waals surface area contributed by atoms with Crippen LogP contribution in [-0.2, 0) is 11.2 Å². The van der Waals surface area contributed by atoms with Gasteiger partial charge in [-0.1, -0.05) is 13.3 Å². The fraction of sp³-hybridized carbons (Fsp3) is 0.467. The number of nitrogens with zero attached hydrogens (tertiary/aromatic N) is 1. The highest BCUT2D eigenvalue weighted by atomic mass is 32.1. The number of thiazole rings is 1. The second-order valence-corrected chi connectivity index (χ2v) is 7.18. The van der Waals surface area contributed by atoms with Gasteiger partial charge in [0.15, 0.2) is 0 Å². The highest BCUT2D eigenvalue weighted by Crippen LogP contribution is 2.29. The van der Waals surface area contributed by atoms with Gasteiger partial charge in [-0.15, -0.1) is 22.7 Å². The summed E-state index contributed by atoms with van der Waals surface area (Å²) in [5, 5.41) is 6.06. The molecule has 4 nitrogen and oxygen atoms in total. The lowest BCUT2D eigenvalue weighted by Crippen LogP contribution is -2.41. The summed E-state index contributed by atoms with van der Waals surface area (Å²) in [6.07, 6.45) is 2.49. The van der Waals surface area contributed by atoms with Gasteiger partial charge in [-0.2, -0.15) is 0 Å². The van der Waals surface area contributed by atoms with E-state index >= 15 is 0 Å². The molecule has 0 radical (unpaired) electrons. The first-order valence-electron chi connectivity index (χ1n) is 7.14. The number of amides is 1. The molecule has 2 aromatic rings. The van der Waals surface area contributed by atoms with Gasteiger partial charge in [-0.25, -0.2) is 4.98 Å². The molecule has 1 unspecified atom stereocenters. The molecule has 0 aromatic carbocycles. The van der Waals surface area contributed by atoms with Crippen LogP contribution in [0.3, 0.4) is 0 Å². The Labute approximate surface area is 133 Å². The van der Waals surface area contributed by atoms with Gasteiger partial charge in [0.1, 0.15) is 0 Å². The minimum atomic E-state index is -0.383. The number of aryl methyl sites for hydroxylation is 1. The molecule has 0 aliphatic heterocycles. The molecular formula is C15H21N3OS2. The molecule has 6 heteroatoms. The first kappa shape index (κ1) is 16.1. The lowest BCUT2D eigenvalue weighted by molar-refractivity contribution is -0.122. The van der Waals surface area contributed by atoms with E-state index in [1.54, 1.807) is 22.7 Å². The van der Waals surface area contributed by atoms with Crippen LogP contribution in [0.2, 0.25) is 0 Å². The van der Waals surface area contributed by atoms with Crippen LogP contribution in [0.4, 0.5) is 0 Å². The minimum absolute atomic E-state index is 0.0521. The maximum atomic E-state index is 11.7. The predicted molar refractivity (Wildman–Crippen MR) is 89.8 cm³/mol. The van der Waals surface area contributed by atoms with E-state index < -0.39 is 0 Å². The lowest BCUT2D eigenvalue weighted by atomic mass is 10.1. The summed E-state index contributed by atoms with van der Waals surface area (Å²) in [6, 6.07) is 3.82. The highest BCUT2D eigenvalue weighted by molar-refractivity contribution is 7.16. The Morgan fingerprint density at radius 3 is 2.95 bits per heavy atom. The molecule has 0 saturated carbocycles. The quantitative estimate of drug-likeness (QED) is 0.823. The lowest BCUT2D eigenvalue weighted by Gasteiger charge is -2.10. The molecule has 2 rings (SSSR count). The number of carbonyl (C=O) groups is 1. The highest BCUT2D eigenvalue weighted by Gasteiger charge is 2.11. The monoisotopic (exact) mass is 323 g/mol. The standard InChI is InChI=1S/C15H21N3OS2/c1-3-4-12(16)15(19)17-8-7-11-5-6-14(21-11)13-9-20-10(2)18-13/h5-6,9,12H,3-4,7-8,16H2,1-2H3,(H,17,19). The molecule has 2 heterocycles. The summed E-state index contributed by atoms with van der Waals surface area (Å²) in [4.78, 5) is 18.6. The van der Waals surface area contributed by atoms with Crippen molar-refractivity contribution in [3.8, 4) is 10.6 Å². The Morgan fingerprint density at radius 1 is 1.48 bits per heavy atom. The molecule has 0 spiro atoms. The summed E-state index contributed by atoms with van der Waals surface area (Å²) in [7, 11) is 0. The molecule has 3 N–H and O–H groups in total. The normalized spacial score (nSPS) is 12.3. The molecule has 2 aromatic heterocycles. The summed E-state index contributed by atoms with van der Waals surface area (Å²) in [5.74, 6) is -0.0521. The maximum Gasteiger partial charge on any atom is 0.236 e. The van der Waals surface area contributed by atoms with Gasteiger partial charge in [0, 0.05) is 16.8 Å². The average Bonchev–Trinajstić information content (AvgIpc) is 3.07. The Hall–Kier alpha value is -1.24. The van der Waals surface area contributed by atoms with Crippen LogP contribution < -0.4 is 11.1 Å². The Balaban J connectivity index is 1.82. The molecule has 0 aliphatic carbocycles. The number of hydrogen-bond acceptors (Lipinski definition) is 5. The van der Waals surface area contributed by atoms with E-state index in [2.05, 4.69) is 27.8 Å². The average molecular weight is 323 g/mol. The van der Waals surface area contributed by atoms with Crippen LogP contribution in [0.5, 0.6) is 0 Å². The summed E-state index contributed by atoms with van der Waals surface area (Å²) in [6.45, 7) is 4.67. The van der Waals surface area contributed by atoms with Crippen molar-refractivity contribution < 1.29 is 4.79 Å². The molecule has 0 fully saturated rings. The van der Waals surface area contributed by atoms with Crippen molar-refractivity contribution in [3.63, 3.8) is 0 Å². The van der Waals surface area contributed by atoms with E-state index in [0.29, 0.717) is 6.54 Å². The zero-order valence-electron chi connectivity index (χ0n) is 12.4. The number of thiophene rings is 1. The molecule has 0 saturated heterocycles. The second-order valence-electron chi connectivity index (χ2n) is 4.95. The van der Waals surface area contributed by atoms with Crippen LogP contribution in [0.1, 0.15) is 29.7 Å². The van der Waals surface area contributed by atoms with Gasteiger partial charge in [-0.3, -0.25) is 4.79 Å². The smallest absolute Gasteiger partial charge is 0.236 e. The van der Waals surface area contributed by atoms with Gasteiger partial charge in [-0.05, 0) is 31.9 Å². The van der Waals surface area contributed by atoms with Crippen LogP contribution >= 0.6 is 22.7 Å². The van der Waals surface area contributed by atoms with E-state index in [1.807, 2.05) is 13.8 Å². The van der Waals surface area contributed by atoms with Crippen molar-refractivity contribution in [2.45, 2.75) is 39.2 Å². The third kappa shape index (κ3) is 4.62. The molecule has 114 valence electrons. The van der Waals surface area contributed by atoms with Crippen LogP contribution in [-0.4, -0.2) is 23.5 Å². The van der Waals surface area contributed by atoms with Crippen molar-refractivity contribution in [1.29, 1.82) is 0 Å². The van der Waals surface area contributed by atoms with Crippen molar-refractivity contribution in [2.24, 2.45) is 5.73 Å². The van der Waals surface area contributed by atoms with Crippen LogP contribution in [0.25, 0.3) is 10.6 Å². The van der Waals surface area contributed by atoms with E-state index in [0.717, 1.165) is 30.0 Å². The Kier molecular flexibility index (Phi) is 5.90. The van der Waals surface area contributed by atoms with Crippen molar-refractivity contribution in [1.82, 2.24) is 10.3 Å². The van der Waals surface area contributed by atoms with E-state index in [9.17, 15) is 4.79 Å². The second kappa shape index (κ2) is 7.68. The third-order valence-corrected chi connectivity index (χ3v) is 5.08. The zero-order valence-corrected chi connectivity index (χ0v) is 14.0.